The van der Waals surface area contributed by atoms with Gasteiger partial charge < -0.3 is 10.6 Å². The molecule has 1 fully saturated rings. The number of nitrogens with two attached hydrogens (primary N) is 1. The average Bonchev–Trinajstić information content (AvgIpc) is 2.41. The quantitative estimate of drug-likeness (QED) is 0.723. The molecule has 1 atom stereocenters. The van der Waals surface area contributed by atoms with Gasteiger partial charge in [-0.15, -0.1) is 0 Å². The Morgan fingerprint density at radius 2 is 2.05 bits per heavy atom. The molecule has 2 aliphatic heterocycles. The molecule has 2 amide bonds. The van der Waals surface area contributed by atoms with Gasteiger partial charge in [0.15, 0.2) is 0 Å². The van der Waals surface area contributed by atoms with Crippen LogP contribution in [0.25, 0.3) is 5.70 Å². The van der Waals surface area contributed by atoms with E-state index in [4.69, 9.17) is 5.73 Å². The number of benzene rings is 1. The van der Waals surface area contributed by atoms with Crippen LogP contribution in [-0.2, 0) is 9.59 Å². The highest BCUT2D eigenvalue weighted by molar-refractivity contribution is 6.02. The van der Waals surface area contributed by atoms with Crippen molar-refractivity contribution >= 4 is 23.2 Å². The zero-order valence-corrected chi connectivity index (χ0v) is 10.4. The zero-order chi connectivity index (χ0) is 13.4. The van der Waals surface area contributed by atoms with Crippen molar-refractivity contribution in [3.05, 3.63) is 35.9 Å². The van der Waals surface area contributed by atoms with Crippen LogP contribution in [0.1, 0.15) is 18.4 Å². The fourth-order valence-electron chi connectivity index (χ4n) is 2.65. The molecular formula is C14H15N3O2. The van der Waals surface area contributed by atoms with Crippen LogP contribution in [0.3, 0.4) is 0 Å². The van der Waals surface area contributed by atoms with Crippen LogP contribution in [0, 0.1) is 0 Å². The van der Waals surface area contributed by atoms with Gasteiger partial charge in [0.25, 0.3) is 0 Å². The summed E-state index contributed by atoms with van der Waals surface area (Å²) in [6.07, 6.45) is 2.84. The van der Waals surface area contributed by atoms with Gasteiger partial charge in [-0.3, -0.25) is 14.9 Å². The Bertz CT molecular complexity index is 580. The maximum absolute atomic E-state index is 12.0. The van der Waals surface area contributed by atoms with Gasteiger partial charge in [-0.25, -0.2) is 0 Å². The van der Waals surface area contributed by atoms with Gasteiger partial charge in [-0.05, 0) is 18.6 Å². The number of amides is 2. The number of piperidine rings is 1. The van der Waals surface area contributed by atoms with E-state index in [1.54, 1.807) is 0 Å². The van der Waals surface area contributed by atoms with E-state index in [0.29, 0.717) is 19.4 Å². The van der Waals surface area contributed by atoms with Crippen LogP contribution in [0.15, 0.2) is 30.3 Å². The summed E-state index contributed by atoms with van der Waals surface area (Å²) in [6, 6.07) is 7.45. The standard InChI is InChI=1S/C14H15N3O2/c15-10-7-8-17(11-4-2-1-3-9(10)11)12-5-6-13(18)16-14(12)19/h1-4,7,12H,5-6,8,15H2,(H,16,18,19). The predicted molar refractivity (Wildman–Crippen MR) is 72.1 cm³/mol. The van der Waals surface area contributed by atoms with Crippen LogP contribution < -0.4 is 16.0 Å². The number of fused-ring (bicyclic) bond motifs is 1. The lowest BCUT2D eigenvalue weighted by atomic mass is 9.98. The minimum Gasteiger partial charge on any atom is -0.398 e. The molecule has 1 aromatic rings. The number of anilines is 1. The number of para-hydroxylation sites is 1. The average molecular weight is 257 g/mol. The third kappa shape index (κ3) is 1.97. The van der Waals surface area contributed by atoms with Crippen molar-refractivity contribution < 1.29 is 9.59 Å². The normalized spacial score (nSPS) is 22.6. The van der Waals surface area contributed by atoms with Crippen molar-refractivity contribution in [3.63, 3.8) is 0 Å². The number of hydrogen-bond acceptors (Lipinski definition) is 4. The molecular weight excluding hydrogens is 242 g/mol. The monoisotopic (exact) mass is 257 g/mol. The summed E-state index contributed by atoms with van der Waals surface area (Å²) in [5, 5.41) is 2.40. The number of carbonyl (C=O) groups is 2. The van der Waals surface area contributed by atoms with Crippen molar-refractivity contribution in [2.45, 2.75) is 18.9 Å². The summed E-state index contributed by atoms with van der Waals surface area (Å²) < 4.78 is 0. The lowest BCUT2D eigenvalue weighted by Crippen LogP contribution is -2.53. The molecule has 1 unspecified atom stereocenters. The Hall–Kier alpha value is -2.30. The van der Waals surface area contributed by atoms with Crippen molar-refractivity contribution in [2.75, 3.05) is 11.4 Å². The molecule has 5 nitrogen and oxygen atoms in total. The summed E-state index contributed by atoms with van der Waals surface area (Å²) in [6.45, 7) is 0.592. The first-order valence-electron chi connectivity index (χ1n) is 6.32. The van der Waals surface area contributed by atoms with Gasteiger partial charge in [0.05, 0.1) is 0 Å². The number of nitrogens with one attached hydrogen (secondary N) is 1. The Morgan fingerprint density at radius 3 is 2.84 bits per heavy atom. The fourth-order valence-corrected chi connectivity index (χ4v) is 2.65. The van der Waals surface area contributed by atoms with E-state index in [1.807, 2.05) is 35.2 Å². The summed E-state index contributed by atoms with van der Waals surface area (Å²) in [4.78, 5) is 25.2. The third-order valence-corrected chi connectivity index (χ3v) is 3.62. The topological polar surface area (TPSA) is 75.4 Å². The van der Waals surface area contributed by atoms with Gasteiger partial charge in [0.1, 0.15) is 6.04 Å². The summed E-state index contributed by atoms with van der Waals surface area (Å²) in [5.41, 5.74) is 8.61. The fraction of sp³-hybridized carbons (Fsp3) is 0.286. The molecule has 0 aromatic heterocycles. The molecule has 0 bridgehead atoms. The largest absolute Gasteiger partial charge is 0.398 e. The Morgan fingerprint density at radius 1 is 1.26 bits per heavy atom. The van der Waals surface area contributed by atoms with E-state index in [0.717, 1.165) is 16.9 Å². The maximum Gasteiger partial charge on any atom is 0.249 e. The molecule has 5 heteroatoms. The Labute approximate surface area is 111 Å². The van der Waals surface area contributed by atoms with Crippen LogP contribution in [0.2, 0.25) is 0 Å². The lowest BCUT2D eigenvalue weighted by molar-refractivity contribution is -0.134. The minimum absolute atomic E-state index is 0.193. The Balaban J connectivity index is 1.95. The van der Waals surface area contributed by atoms with E-state index in [9.17, 15) is 9.59 Å². The van der Waals surface area contributed by atoms with E-state index in [2.05, 4.69) is 5.32 Å². The number of hydrogen-bond donors (Lipinski definition) is 2. The molecule has 0 spiro atoms. The lowest BCUT2D eigenvalue weighted by Gasteiger charge is -2.37. The zero-order valence-electron chi connectivity index (χ0n) is 10.4. The van der Waals surface area contributed by atoms with Crippen LogP contribution >= 0.6 is 0 Å². The molecule has 3 N–H and O–H groups in total. The molecule has 3 rings (SSSR count). The third-order valence-electron chi connectivity index (χ3n) is 3.62. The summed E-state index contributed by atoms with van der Waals surface area (Å²) in [5.74, 6) is -0.415. The molecule has 1 saturated heterocycles. The first kappa shape index (κ1) is 11.8. The van der Waals surface area contributed by atoms with Crippen LogP contribution in [0.4, 0.5) is 5.69 Å². The summed E-state index contributed by atoms with van der Waals surface area (Å²) in [7, 11) is 0. The molecule has 1 aromatic carbocycles. The molecule has 0 saturated carbocycles. The molecule has 19 heavy (non-hydrogen) atoms. The molecule has 2 heterocycles. The molecule has 0 radical (unpaired) electrons. The molecule has 2 aliphatic rings. The molecule has 98 valence electrons. The maximum atomic E-state index is 12.0. The second kappa shape index (κ2) is 4.42. The second-order valence-corrected chi connectivity index (χ2v) is 4.80. The highest BCUT2D eigenvalue weighted by atomic mass is 16.2. The van der Waals surface area contributed by atoms with E-state index in [-0.39, 0.29) is 17.9 Å². The predicted octanol–water partition coefficient (Wildman–Crippen LogP) is 0.611. The number of carbonyl (C=O) groups excluding carboxylic acids is 2. The van der Waals surface area contributed by atoms with Crippen LogP contribution in [-0.4, -0.2) is 24.4 Å². The number of imide groups is 1. The first-order valence-corrected chi connectivity index (χ1v) is 6.32. The Kier molecular flexibility index (Phi) is 2.74. The van der Waals surface area contributed by atoms with Gasteiger partial charge >= 0.3 is 0 Å². The van der Waals surface area contributed by atoms with Crippen molar-refractivity contribution in [1.82, 2.24) is 5.32 Å². The minimum atomic E-state index is -0.303. The highest BCUT2D eigenvalue weighted by Crippen LogP contribution is 2.31. The molecule has 0 aliphatic carbocycles. The van der Waals surface area contributed by atoms with E-state index < -0.39 is 0 Å². The van der Waals surface area contributed by atoms with Crippen molar-refractivity contribution in [3.8, 4) is 0 Å². The second-order valence-electron chi connectivity index (χ2n) is 4.80. The van der Waals surface area contributed by atoms with Crippen molar-refractivity contribution in [2.24, 2.45) is 5.73 Å². The number of rotatable bonds is 1. The van der Waals surface area contributed by atoms with E-state index >= 15 is 0 Å². The van der Waals surface area contributed by atoms with Gasteiger partial charge in [-0.2, -0.15) is 0 Å². The van der Waals surface area contributed by atoms with Crippen molar-refractivity contribution in [1.29, 1.82) is 0 Å². The van der Waals surface area contributed by atoms with Gasteiger partial charge in [0.2, 0.25) is 11.8 Å². The number of nitrogens with zero attached hydrogens (tertiary/aromatic N) is 1. The van der Waals surface area contributed by atoms with Gasteiger partial charge in [-0.1, -0.05) is 18.2 Å². The first-order chi connectivity index (χ1) is 9.16. The van der Waals surface area contributed by atoms with Crippen LogP contribution in [0.5, 0.6) is 0 Å². The summed E-state index contributed by atoms with van der Waals surface area (Å²) >= 11 is 0. The van der Waals surface area contributed by atoms with E-state index in [1.165, 1.54) is 0 Å². The highest BCUT2D eigenvalue weighted by Gasteiger charge is 2.33. The SMILES string of the molecule is NC1=CCN(C2CCC(=O)NC2=O)c2ccccc21. The van der Waals surface area contributed by atoms with Gasteiger partial charge in [0, 0.05) is 29.9 Å². The smallest absolute Gasteiger partial charge is 0.249 e.